The van der Waals surface area contributed by atoms with Gasteiger partial charge in [0.15, 0.2) is 16.6 Å². The highest BCUT2D eigenvalue weighted by Crippen LogP contribution is 2.42. The Labute approximate surface area is 183 Å². The number of hydrogen-bond acceptors (Lipinski definition) is 5. The summed E-state index contributed by atoms with van der Waals surface area (Å²) in [6.45, 7) is 0. The van der Waals surface area contributed by atoms with E-state index in [9.17, 15) is 4.79 Å². The van der Waals surface area contributed by atoms with Gasteiger partial charge >= 0.3 is 5.97 Å². The molecule has 0 aliphatic carbocycles. The van der Waals surface area contributed by atoms with Crippen molar-refractivity contribution in [3.05, 3.63) is 56.0 Å². The van der Waals surface area contributed by atoms with E-state index in [1.807, 2.05) is 0 Å². The van der Waals surface area contributed by atoms with Gasteiger partial charge in [0.1, 0.15) is 0 Å². The van der Waals surface area contributed by atoms with E-state index in [1.54, 1.807) is 30.3 Å². The summed E-state index contributed by atoms with van der Waals surface area (Å²) < 4.78 is 12.0. The van der Waals surface area contributed by atoms with Gasteiger partial charge in [-0.1, -0.05) is 12.1 Å². The molecule has 0 atom stereocenters. The lowest BCUT2D eigenvalue weighted by Gasteiger charge is -2.14. The lowest BCUT2D eigenvalue weighted by atomic mass is 10.1. The van der Waals surface area contributed by atoms with Crippen molar-refractivity contribution in [2.45, 2.75) is 5.88 Å². The number of carbonyl (C=O) groups excluding carboxylic acids is 1. The van der Waals surface area contributed by atoms with Crippen LogP contribution in [-0.2, 0) is 5.88 Å². The highest BCUT2D eigenvalue weighted by Gasteiger charge is 2.20. The minimum atomic E-state index is -0.529. The number of rotatable bonds is 6. The number of thiocarbonyl (C=S) groups is 1. The van der Waals surface area contributed by atoms with Gasteiger partial charge in [-0.2, -0.15) is 5.10 Å². The quantitative estimate of drug-likeness (QED) is 0.143. The summed E-state index contributed by atoms with van der Waals surface area (Å²) in [6, 6.07) is 8.48. The number of esters is 1. The van der Waals surface area contributed by atoms with E-state index in [4.69, 9.17) is 39.0 Å². The Bertz CT molecular complexity index is 892. The number of benzene rings is 2. The third-order valence-corrected chi connectivity index (χ3v) is 5.84. The van der Waals surface area contributed by atoms with Gasteiger partial charge < -0.3 is 15.2 Å². The maximum atomic E-state index is 12.5. The second kappa shape index (κ2) is 10.0. The first-order valence-corrected chi connectivity index (χ1v) is 9.91. The number of alkyl halides is 1. The molecule has 2 aromatic rings. The van der Waals surface area contributed by atoms with E-state index in [2.05, 4.69) is 42.4 Å². The van der Waals surface area contributed by atoms with E-state index >= 15 is 0 Å². The fourth-order valence-electron chi connectivity index (χ4n) is 1.99. The highest BCUT2D eigenvalue weighted by atomic mass is 79.9. The standard InChI is InChI=1S/C17H14Br2ClN3O3S/c1-25-12-6-11(8-22-23-17(21)27)13(18)14(19)15(12)26-16(24)10-4-2-9(7-20)3-5-10/h2-6,8H,7H2,1H3,(H3,21,23,27)/b22-8+. The predicted molar refractivity (Wildman–Crippen MR) is 117 cm³/mol. The molecule has 0 radical (unpaired) electrons. The molecule has 2 rings (SSSR count). The Balaban J connectivity index is 2.32. The molecule has 0 saturated carbocycles. The van der Waals surface area contributed by atoms with Crippen LogP contribution < -0.4 is 20.6 Å². The maximum Gasteiger partial charge on any atom is 0.343 e. The Hall–Kier alpha value is -1.68. The Kier molecular flexibility index (Phi) is 8.03. The fraction of sp³-hybridized carbons (Fsp3) is 0.118. The lowest BCUT2D eigenvalue weighted by molar-refractivity contribution is 0.0728. The van der Waals surface area contributed by atoms with Crippen LogP contribution in [0.4, 0.5) is 0 Å². The van der Waals surface area contributed by atoms with Gasteiger partial charge in [0.2, 0.25) is 0 Å². The van der Waals surface area contributed by atoms with Crippen LogP contribution in [0.15, 0.2) is 44.4 Å². The van der Waals surface area contributed by atoms with Gasteiger partial charge in [0.05, 0.1) is 23.4 Å². The van der Waals surface area contributed by atoms with Crippen LogP contribution in [-0.4, -0.2) is 24.4 Å². The van der Waals surface area contributed by atoms with Crippen LogP contribution >= 0.6 is 55.7 Å². The molecular weight excluding hydrogens is 522 g/mol. The van der Waals surface area contributed by atoms with Crippen molar-refractivity contribution >= 4 is 73.0 Å². The van der Waals surface area contributed by atoms with Gasteiger partial charge in [-0.3, -0.25) is 5.43 Å². The smallest absolute Gasteiger partial charge is 0.343 e. The summed E-state index contributed by atoms with van der Waals surface area (Å²) in [5.41, 5.74) is 9.73. The summed E-state index contributed by atoms with van der Waals surface area (Å²) in [5, 5.41) is 3.95. The van der Waals surface area contributed by atoms with Crippen LogP contribution in [0.2, 0.25) is 0 Å². The summed E-state index contributed by atoms with van der Waals surface area (Å²) in [6.07, 6.45) is 1.49. The molecule has 0 aliphatic heterocycles. The zero-order valence-electron chi connectivity index (χ0n) is 14.0. The van der Waals surface area contributed by atoms with Crippen molar-refractivity contribution in [3.63, 3.8) is 0 Å². The Morgan fingerprint density at radius 3 is 2.56 bits per heavy atom. The predicted octanol–water partition coefficient (Wildman–Crippen LogP) is 4.35. The number of methoxy groups -OCH3 is 1. The van der Waals surface area contributed by atoms with E-state index in [1.165, 1.54) is 13.3 Å². The second-order valence-electron chi connectivity index (χ2n) is 5.08. The summed E-state index contributed by atoms with van der Waals surface area (Å²) >= 11 is 17.3. The number of hydrazone groups is 1. The van der Waals surface area contributed by atoms with Crippen LogP contribution in [0.25, 0.3) is 0 Å². The minimum Gasteiger partial charge on any atom is -0.493 e. The summed E-state index contributed by atoms with van der Waals surface area (Å²) in [7, 11) is 1.47. The van der Waals surface area contributed by atoms with Crippen molar-refractivity contribution in [3.8, 4) is 11.5 Å². The van der Waals surface area contributed by atoms with Crippen molar-refractivity contribution in [1.29, 1.82) is 0 Å². The highest BCUT2D eigenvalue weighted by molar-refractivity contribution is 9.13. The van der Waals surface area contributed by atoms with Gasteiger partial charge in [-0.25, -0.2) is 4.79 Å². The second-order valence-corrected chi connectivity index (χ2v) is 7.37. The van der Waals surface area contributed by atoms with Gasteiger partial charge in [-0.15, -0.1) is 11.6 Å². The van der Waals surface area contributed by atoms with Gasteiger partial charge in [-0.05, 0) is 67.8 Å². The van der Waals surface area contributed by atoms with Crippen molar-refractivity contribution in [1.82, 2.24) is 5.43 Å². The minimum absolute atomic E-state index is 0.0409. The van der Waals surface area contributed by atoms with Crippen molar-refractivity contribution in [2.75, 3.05) is 7.11 Å². The van der Waals surface area contributed by atoms with E-state index in [0.29, 0.717) is 31.7 Å². The summed E-state index contributed by atoms with van der Waals surface area (Å²) in [5.74, 6) is 0.412. The number of ether oxygens (including phenoxy) is 2. The topological polar surface area (TPSA) is 85.9 Å². The van der Waals surface area contributed by atoms with Crippen molar-refractivity contribution in [2.24, 2.45) is 10.8 Å². The third kappa shape index (κ3) is 5.65. The summed E-state index contributed by atoms with van der Waals surface area (Å²) in [4.78, 5) is 12.5. The molecule has 142 valence electrons. The van der Waals surface area contributed by atoms with Crippen molar-refractivity contribution < 1.29 is 14.3 Å². The Morgan fingerprint density at radius 1 is 1.33 bits per heavy atom. The number of carbonyl (C=O) groups is 1. The van der Waals surface area contributed by atoms with Crippen LogP contribution in [0.3, 0.4) is 0 Å². The van der Waals surface area contributed by atoms with E-state index in [0.717, 1.165) is 5.56 Å². The molecule has 0 amide bonds. The van der Waals surface area contributed by atoms with Crippen LogP contribution in [0.5, 0.6) is 11.5 Å². The number of nitrogens with zero attached hydrogens (tertiary/aromatic N) is 1. The third-order valence-electron chi connectivity index (χ3n) is 3.29. The normalized spacial score (nSPS) is 10.7. The molecule has 0 heterocycles. The monoisotopic (exact) mass is 533 g/mol. The molecular formula is C17H14Br2ClN3O3S. The first-order chi connectivity index (χ1) is 12.9. The van der Waals surface area contributed by atoms with E-state index < -0.39 is 5.97 Å². The zero-order valence-corrected chi connectivity index (χ0v) is 18.7. The molecule has 0 spiro atoms. The molecule has 0 fully saturated rings. The molecule has 6 nitrogen and oxygen atoms in total. The van der Waals surface area contributed by atoms with Gasteiger partial charge in [0, 0.05) is 15.9 Å². The number of hydrogen-bond donors (Lipinski definition) is 2. The molecule has 2 aromatic carbocycles. The largest absolute Gasteiger partial charge is 0.493 e. The SMILES string of the molecule is COc1cc(/C=N/NC(N)=S)c(Br)c(Br)c1OC(=O)c1ccc(CCl)cc1. The van der Waals surface area contributed by atoms with E-state index in [-0.39, 0.29) is 10.9 Å². The average Bonchev–Trinajstić information content (AvgIpc) is 2.66. The number of nitrogens with two attached hydrogens (primary N) is 1. The van der Waals surface area contributed by atoms with Gasteiger partial charge in [0.25, 0.3) is 0 Å². The first-order valence-electron chi connectivity index (χ1n) is 7.39. The molecule has 3 N–H and O–H groups in total. The zero-order chi connectivity index (χ0) is 20.0. The first kappa shape index (κ1) is 21.6. The Morgan fingerprint density at radius 2 is 2.00 bits per heavy atom. The number of halogens is 3. The molecule has 0 aliphatic rings. The molecule has 0 unspecified atom stereocenters. The molecule has 0 bridgehead atoms. The molecule has 0 saturated heterocycles. The number of nitrogens with one attached hydrogen (secondary N) is 1. The molecule has 10 heteroatoms. The molecule has 0 aromatic heterocycles. The fourth-order valence-corrected chi connectivity index (χ4v) is 3.13. The lowest BCUT2D eigenvalue weighted by Crippen LogP contribution is -2.24. The van der Waals surface area contributed by atoms with Crippen LogP contribution in [0, 0.1) is 0 Å². The maximum absolute atomic E-state index is 12.5. The molecule has 27 heavy (non-hydrogen) atoms. The average molecular weight is 536 g/mol. The van der Waals surface area contributed by atoms with Crippen LogP contribution in [0.1, 0.15) is 21.5 Å².